The summed E-state index contributed by atoms with van der Waals surface area (Å²) in [7, 11) is -3.76. The van der Waals surface area contributed by atoms with Gasteiger partial charge in [0.25, 0.3) is 5.69 Å². The fourth-order valence-corrected chi connectivity index (χ4v) is 5.92. The number of phenols is 1. The van der Waals surface area contributed by atoms with Crippen LogP contribution in [-0.4, -0.2) is 62.0 Å². The smallest absolute Gasteiger partial charge is 0.293 e. The van der Waals surface area contributed by atoms with Gasteiger partial charge in [-0.25, -0.2) is 8.42 Å². The number of piperazine rings is 1. The van der Waals surface area contributed by atoms with Gasteiger partial charge in [0.15, 0.2) is 0 Å². The Hall–Kier alpha value is -2.85. The van der Waals surface area contributed by atoms with Crippen LogP contribution in [-0.2, 0) is 10.0 Å². The molecule has 10 heteroatoms. The largest absolute Gasteiger partial charge is 0.508 e. The van der Waals surface area contributed by atoms with Crippen LogP contribution in [0.3, 0.4) is 0 Å². The SMILES string of the molecule is O=[N+]([O-])c1cc(S(=O)(=O)N2CCCCCC2)ccc1N1CCN(c2ccc(O)cc2)CC1. The van der Waals surface area contributed by atoms with Crippen molar-refractivity contribution in [1.29, 1.82) is 0 Å². The lowest BCUT2D eigenvalue weighted by molar-refractivity contribution is -0.384. The van der Waals surface area contributed by atoms with Crippen LogP contribution in [0, 0.1) is 10.1 Å². The highest BCUT2D eigenvalue weighted by molar-refractivity contribution is 7.89. The number of rotatable bonds is 5. The Bertz CT molecular complexity index is 1060. The van der Waals surface area contributed by atoms with Crippen molar-refractivity contribution in [2.45, 2.75) is 30.6 Å². The Morgan fingerprint density at radius 2 is 1.41 bits per heavy atom. The van der Waals surface area contributed by atoms with Gasteiger partial charge in [0.05, 0.1) is 9.82 Å². The van der Waals surface area contributed by atoms with Crippen molar-refractivity contribution < 1.29 is 18.4 Å². The lowest BCUT2D eigenvalue weighted by atomic mass is 10.2. The number of hydrogen-bond donors (Lipinski definition) is 1. The molecule has 1 N–H and O–H groups in total. The molecular formula is C22H28N4O5S. The highest BCUT2D eigenvalue weighted by atomic mass is 32.2. The molecule has 4 rings (SSSR count). The Morgan fingerprint density at radius 1 is 0.812 bits per heavy atom. The standard InChI is InChI=1S/C22H28N4O5S/c27-19-7-5-18(6-8-19)23-13-15-24(16-14-23)21-10-9-20(17-22(21)26(28)29)32(30,31)25-11-3-1-2-4-12-25/h5-10,17,27H,1-4,11-16H2. The fraction of sp³-hybridized carbons (Fsp3) is 0.455. The Kier molecular flexibility index (Phi) is 6.52. The van der Waals surface area contributed by atoms with E-state index >= 15 is 0 Å². The first-order valence-electron chi connectivity index (χ1n) is 10.9. The van der Waals surface area contributed by atoms with Crippen molar-refractivity contribution in [1.82, 2.24) is 4.31 Å². The van der Waals surface area contributed by atoms with E-state index in [4.69, 9.17) is 0 Å². The molecule has 2 aliphatic heterocycles. The van der Waals surface area contributed by atoms with Gasteiger partial charge in [-0.1, -0.05) is 12.8 Å². The molecule has 2 aromatic rings. The minimum atomic E-state index is -3.76. The second kappa shape index (κ2) is 9.33. The molecule has 0 unspecified atom stereocenters. The van der Waals surface area contributed by atoms with Crippen molar-refractivity contribution in [3.63, 3.8) is 0 Å². The van der Waals surface area contributed by atoms with Crippen LogP contribution in [0.1, 0.15) is 25.7 Å². The predicted molar refractivity (Wildman–Crippen MR) is 123 cm³/mol. The molecule has 9 nitrogen and oxygen atoms in total. The number of nitro benzene ring substituents is 1. The molecule has 0 aliphatic carbocycles. The maximum absolute atomic E-state index is 13.1. The molecule has 0 radical (unpaired) electrons. The van der Waals surface area contributed by atoms with Crippen LogP contribution in [0.4, 0.5) is 17.1 Å². The van der Waals surface area contributed by atoms with Crippen LogP contribution in [0.5, 0.6) is 5.75 Å². The van der Waals surface area contributed by atoms with E-state index in [0.717, 1.165) is 31.4 Å². The third-order valence-electron chi connectivity index (χ3n) is 6.18. The lowest BCUT2D eigenvalue weighted by Gasteiger charge is -2.37. The normalized spacial score (nSPS) is 18.4. The number of benzene rings is 2. The summed E-state index contributed by atoms with van der Waals surface area (Å²) in [6.45, 7) is 3.37. The Labute approximate surface area is 188 Å². The summed E-state index contributed by atoms with van der Waals surface area (Å²) >= 11 is 0. The number of nitro groups is 1. The number of hydrogen-bond acceptors (Lipinski definition) is 7. The summed E-state index contributed by atoms with van der Waals surface area (Å²) in [4.78, 5) is 15.4. The van der Waals surface area contributed by atoms with Crippen molar-refractivity contribution in [2.75, 3.05) is 49.1 Å². The first-order chi connectivity index (χ1) is 15.4. The number of anilines is 2. The fourth-order valence-electron chi connectivity index (χ4n) is 4.38. The second-order valence-electron chi connectivity index (χ2n) is 8.22. The van der Waals surface area contributed by atoms with Gasteiger partial charge in [0, 0.05) is 51.0 Å². The molecule has 2 aliphatic rings. The van der Waals surface area contributed by atoms with Gasteiger partial charge in [-0.05, 0) is 49.2 Å². The number of aromatic hydroxyl groups is 1. The number of sulfonamides is 1. The van der Waals surface area contributed by atoms with E-state index in [1.54, 1.807) is 18.2 Å². The van der Waals surface area contributed by atoms with E-state index in [2.05, 4.69) is 4.90 Å². The molecule has 0 atom stereocenters. The van der Waals surface area contributed by atoms with Crippen LogP contribution in [0.15, 0.2) is 47.4 Å². The van der Waals surface area contributed by atoms with Crippen molar-refractivity contribution in [3.8, 4) is 5.75 Å². The van der Waals surface area contributed by atoms with Gasteiger partial charge in [-0.3, -0.25) is 10.1 Å². The summed E-state index contributed by atoms with van der Waals surface area (Å²) in [5, 5.41) is 21.3. The van der Waals surface area contributed by atoms with E-state index in [9.17, 15) is 23.6 Å². The van der Waals surface area contributed by atoms with Gasteiger partial charge in [-0.15, -0.1) is 0 Å². The molecule has 0 spiro atoms. The molecule has 2 heterocycles. The Morgan fingerprint density at radius 3 is 2.00 bits per heavy atom. The van der Waals surface area contributed by atoms with Crippen molar-refractivity contribution >= 4 is 27.1 Å². The molecule has 2 aromatic carbocycles. The molecule has 2 fully saturated rings. The molecule has 0 saturated carbocycles. The Balaban J connectivity index is 1.54. The molecule has 0 amide bonds. The van der Waals surface area contributed by atoms with E-state index in [-0.39, 0.29) is 16.3 Å². The van der Waals surface area contributed by atoms with E-state index in [1.165, 1.54) is 16.4 Å². The molecule has 32 heavy (non-hydrogen) atoms. The zero-order chi connectivity index (χ0) is 22.7. The summed E-state index contributed by atoms with van der Waals surface area (Å²) < 4.78 is 27.6. The zero-order valence-corrected chi connectivity index (χ0v) is 18.7. The van der Waals surface area contributed by atoms with Gasteiger partial charge < -0.3 is 14.9 Å². The lowest BCUT2D eigenvalue weighted by Crippen LogP contribution is -2.46. The molecule has 0 aromatic heterocycles. The highest BCUT2D eigenvalue weighted by Gasteiger charge is 2.30. The maximum atomic E-state index is 13.1. The van der Waals surface area contributed by atoms with E-state index in [1.807, 2.05) is 17.0 Å². The second-order valence-corrected chi connectivity index (χ2v) is 10.2. The van der Waals surface area contributed by atoms with E-state index in [0.29, 0.717) is 45.0 Å². The third-order valence-corrected chi connectivity index (χ3v) is 8.08. The van der Waals surface area contributed by atoms with Crippen molar-refractivity contribution in [3.05, 3.63) is 52.6 Å². The predicted octanol–water partition coefficient (Wildman–Crippen LogP) is 3.19. The summed E-state index contributed by atoms with van der Waals surface area (Å²) in [6.07, 6.45) is 3.62. The number of nitrogens with zero attached hydrogens (tertiary/aromatic N) is 4. The maximum Gasteiger partial charge on any atom is 0.293 e. The van der Waals surface area contributed by atoms with Crippen LogP contribution >= 0.6 is 0 Å². The quantitative estimate of drug-likeness (QED) is 0.539. The molecule has 172 valence electrons. The first kappa shape index (κ1) is 22.3. The van der Waals surface area contributed by atoms with Gasteiger partial charge in [-0.2, -0.15) is 4.31 Å². The minimum Gasteiger partial charge on any atom is -0.508 e. The van der Waals surface area contributed by atoms with Crippen LogP contribution in [0.25, 0.3) is 0 Å². The first-order valence-corrected chi connectivity index (χ1v) is 12.4. The van der Waals surface area contributed by atoms with Gasteiger partial charge >= 0.3 is 0 Å². The van der Waals surface area contributed by atoms with Crippen LogP contribution in [0.2, 0.25) is 0 Å². The highest BCUT2D eigenvalue weighted by Crippen LogP contribution is 2.33. The average molecular weight is 461 g/mol. The van der Waals surface area contributed by atoms with E-state index < -0.39 is 14.9 Å². The van der Waals surface area contributed by atoms with Gasteiger partial charge in [0.1, 0.15) is 11.4 Å². The third kappa shape index (κ3) is 4.66. The summed E-state index contributed by atoms with van der Waals surface area (Å²) in [5.41, 5.74) is 1.24. The summed E-state index contributed by atoms with van der Waals surface area (Å²) in [5.74, 6) is 0.207. The summed E-state index contributed by atoms with van der Waals surface area (Å²) in [6, 6.07) is 11.2. The minimum absolute atomic E-state index is 0.0161. The van der Waals surface area contributed by atoms with Gasteiger partial charge in [0.2, 0.25) is 10.0 Å². The zero-order valence-electron chi connectivity index (χ0n) is 17.9. The topological polar surface area (TPSA) is 107 Å². The molecule has 0 bridgehead atoms. The van der Waals surface area contributed by atoms with Crippen molar-refractivity contribution in [2.24, 2.45) is 0 Å². The molecule has 2 saturated heterocycles. The average Bonchev–Trinajstić information content (AvgIpc) is 3.10. The molecular weight excluding hydrogens is 432 g/mol. The van der Waals surface area contributed by atoms with Crippen LogP contribution < -0.4 is 9.80 Å². The monoisotopic (exact) mass is 460 g/mol. The number of phenolic OH excluding ortho intramolecular Hbond substituents is 1.